The predicted octanol–water partition coefficient (Wildman–Crippen LogP) is 3.11. The van der Waals surface area contributed by atoms with Gasteiger partial charge in [-0.2, -0.15) is 18.3 Å². The Morgan fingerprint density at radius 2 is 1.64 bits per heavy atom. The van der Waals surface area contributed by atoms with Crippen molar-refractivity contribution in [2.75, 3.05) is 87.3 Å². The summed E-state index contributed by atoms with van der Waals surface area (Å²) in [5.74, 6) is -0.401. The molecule has 2 heterocycles. The lowest BCUT2D eigenvalue weighted by Crippen LogP contribution is -2.48. The molecule has 0 unspecified atom stereocenters. The number of hydrazone groups is 1. The summed E-state index contributed by atoms with van der Waals surface area (Å²) in [7, 11) is 1.68. The van der Waals surface area contributed by atoms with E-state index in [1.807, 2.05) is 15.9 Å². The summed E-state index contributed by atoms with van der Waals surface area (Å²) in [6.07, 6.45) is -2.90. The zero-order valence-corrected chi connectivity index (χ0v) is 22.6. The SMILES string of the molecule is COCCN1CCN(c2cc(N3CCN(c4cccc(C(F)(F)F)c4)CC3)c(F)cc2/C=N/NC(N)=S)CC1. The van der Waals surface area contributed by atoms with Crippen LogP contribution in [0.3, 0.4) is 0 Å². The van der Waals surface area contributed by atoms with Gasteiger partial charge in [-0.3, -0.25) is 10.3 Å². The van der Waals surface area contributed by atoms with Gasteiger partial charge in [0.1, 0.15) is 5.82 Å². The van der Waals surface area contributed by atoms with Gasteiger partial charge in [0, 0.05) is 83.0 Å². The quantitative estimate of drug-likeness (QED) is 0.218. The van der Waals surface area contributed by atoms with Crippen LogP contribution < -0.4 is 25.9 Å². The topological polar surface area (TPSA) is 72.6 Å². The van der Waals surface area contributed by atoms with Gasteiger partial charge in [-0.05, 0) is 42.5 Å². The predicted molar refractivity (Wildman–Crippen MR) is 150 cm³/mol. The molecule has 0 atom stereocenters. The van der Waals surface area contributed by atoms with Crippen LogP contribution in [0.2, 0.25) is 0 Å². The molecule has 8 nitrogen and oxygen atoms in total. The Labute approximate surface area is 231 Å². The third-order valence-electron chi connectivity index (χ3n) is 6.96. The molecule has 2 aliphatic heterocycles. The van der Waals surface area contributed by atoms with Crippen molar-refractivity contribution in [3.8, 4) is 0 Å². The maximum Gasteiger partial charge on any atom is 0.416 e. The van der Waals surface area contributed by atoms with Crippen molar-refractivity contribution in [1.82, 2.24) is 10.3 Å². The van der Waals surface area contributed by atoms with Gasteiger partial charge in [0.05, 0.1) is 24.1 Å². The Balaban J connectivity index is 1.52. The van der Waals surface area contributed by atoms with Crippen molar-refractivity contribution in [1.29, 1.82) is 0 Å². The highest BCUT2D eigenvalue weighted by Gasteiger charge is 2.31. The fourth-order valence-corrected chi connectivity index (χ4v) is 4.92. The second-order valence-corrected chi connectivity index (χ2v) is 9.88. The van der Waals surface area contributed by atoms with Crippen molar-refractivity contribution < 1.29 is 22.3 Å². The molecule has 2 aliphatic rings. The van der Waals surface area contributed by atoms with E-state index in [2.05, 4.69) is 20.3 Å². The van der Waals surface area contributed by atoms with E-state index in [1.54, 1.807) is 13.2 Å². The van der Waals surface area contributed by atoms with Crippen molar-refractivity contribution >= 4 is 40.6 Å². The van der Waals surface area contributed by atoms with Crippen LogP contribution in [0.1, 0.15) is 11.1 Å². The molecule has 4 rings (SSSR count). The Morgan fingerprint density at radius 3 is 2.28 bits per heavy atom. The molecule has 0 amide bonds. The third kappa shape index (κ3) is 7.49. The van der Waals surface area contributed by atoms with Crippen molar-refractivity contribution in [3.63, 3.8) is 0 Å². The lowest BCUT2D eigenvalue weighted by atomic mass is 10.1. The van der Waals surface area contributed by atoms with E-state index in [0.29, 0.717) is 49.7 Å². The number of alkyl halides is 3. The molecule has 3 N–H and O–H groups in total. The number of ether oxygens (including phenoxy) is 1. The summed E-state index contributed by atoms with van der Waals surface area (Å²) in [5, 5.41) is 4.05. The minimum Gasteiger partial charge on any atom is -0.383 e. The van der Waals surface area contributed by atoms with E-state index in [1.165, 1.54) is 18.3 Å². The van der Waals surface area contributed by atoms with Gasteiger partial charge in [-0.1, -0.05) is 6.07 Å². The van der Waals surface area contributed by atoms with Crippen LogP contribution in [0.4, 0.5) is 34.6 Å². The molecule has 0 radical (unpaired) electrons. The number of nitrogens with two attached hydrogens (primary N) is 1. The van der Waals surface area contributed by atoms with Crippen LogP contribution in [-0.2, 0) is 10.9 Å². The smallest absolute Gasteiger partial charge is 0.383 e. The molecule has 13 heteroatoms. The highest BCUT2D eigenvalue weighted by Crippen LogP contribution is 2.34. The number of anilines is 3. The van der Waals surface area contributed by atoms with Crippen molar-refractivity contribution in [3.05, 3.63) is 53.3 Å². The molecule has 2 aromatic rings. The number of thiocarbonyl (C=S) groups is 1. The molecule has 0 saturated carbocycles. The molecule has 212 valence electrons. The van der Waals surface area contributed by atoms with Gasteiger partial charge in [-0.25, -0.2) is 4.39 Å². The highest BCUT2D eigenvalue weighted by atomic mass is 32.1. The van der Waals surface area contributed by atoms with Gasteiger partial charge in [0.25, 0.3) is 0 Å². The maximum atomic E-state index is 15.4. The Kier molecular flexibility index (Phi) is 9.46. The number of halogens is 4. The fourth-order valence-electron chi connectivity index (χ4n) is 4.87. The number of nitrogens with one attached hydrogen (secondary N) is 1. The van der Waals surface area contributed by atoms with Gasteiger partial charge < -0.3 is 25.2 Å². The molecule has 0 bridgehead atoms. The molecule has 0 aromatic heterocycles. The second-order valence-electron chi connectivity index (χ2n) is 9.44. The molecule has 2 saturated heterocycles. The zero-order chi connectivity index (χ0) is 28.0. The summed E-state index contributed by atoms with van der Waals surface area (Å²) in [6.45, 7) is 6.56. The molecule has 2 fully saturated rings. The van der Waals surface area contributed by atoms with E-state index in [4.69, 9.17) is 22.7 Å². The highest BCUT2D eigenvalue weighted by molar-refractivity contribution is 7.80. The fraction of sp³-hybridized carbons (Fsp3) is 0.462. The minimum atomic E-state index is -4.40. The first-order chi connectivity index (χ1) is 18.7. The van der Waals surface area contributed by atoms with Crippen molar-refractivity contribution in [2.24, 2.45) is 10.8 Å². The van der Waals surface area contributed by atoms with E-state index in [-0.39, 0.29) is 5.11 Å². The number of benzene rings is 2. The number of methoxy groups -OCH3 is 1. The maximum absolute atomic E-state index is 15.4. The van der Waals surface area contributed by atoms with E-state index in [9.17, 15) is 13.2 Å². The monoisotopic (exact) mass is 567 g/mol. The average molecular weight is 568 g/mol. The number of piperazine rings is 2. The Bertz CT molecular complexity index is 1160. The van der Waals surface area contributed by atoms with E-state index < -0.39 is 17.6 Å². The summed E-state index contributed by atoms with van der Waals surface area (Å²) in [4.78, 5) is 8.35. The zero-order valence-electron chi connectivity index (χ0n) is 21.8. The van der Waals surface area contributed by atoms with Gasteiger partial charge >= 0.3 is 6.18 Å². The van der Waals surface area contributed by atoms with E-state index in [0.717, 1.165) is 50.5 Å². The average Bonchev–Trinajstić information content (AvgIpc) is 2.92. The first-order valence-electron chi connectivity index (χ1n) is 12.7. The number of hydrogen-bond donors (Lipinski definition) is 2. The van der Waals surface area contributed by atoms with E-state index >= 15 is 4.39 Å². The van der Waals surface area contributed by atoms with Crippen LogP contribution in [-0.4, -0.2) is 88.8 Å². The van der Waals surface area contributed by atoms with Crippen LogP contribution in [0.5, 0.6) is 0 Å². The van der Waals surface area contributed by atoms with Gasteiger partial charge in [0.15, 0.2) is 5.11 Å². The second kappa shape index (κ2) is 12.8. The first-order valence-corrected chi connectivity index (χ1v) is 13.1. The Hall–Kier alpha value is -3.16. The molecule has 2 aromatic carbocycles. The summed E-state index contributed by atoms with van der Waals surface area (Å²) in [6, 6.07) is 8.60. The number of rotatable bonds is 8. The third-order valence-corrected chi connectivity index (χ3v) is 7.05. The van der Waals surface area contributed by atoms with Crippen LogP contribution in [0, 0.1) is 5.82 Å². The first kappa shape index (κ1) is 28.8. The summed E-state index contributed by atoms with van der Waals surface area (Å²) < 4.78 is 60.1. The lowest BCUT2D eigenvalue weighted by Gasteiger charge is -2.39. The normalized spacial score (nSPS) is 17.2. The Morgan fingerprint density at radius 1 is 1.00 bits per heavy atom. The molecule has 0 spiro atoms. The van der Waals surface area contributed by atoms with Crippen molar-refractivity contribution in [2.45, 2.75) is 6.18 Å². The molecular weight excluding hydrogens is 534 g/mol. The number of hydrogen-bond acceptors (Lipinski definition) is 7. The van der Waals surface area contributed by atoms with Crippen LogP contribution in [0.15, 0.2) is 41.5 Å². The molecule has 0 aliphatic carbocycles. The standard InChI is InChI=1S/C26H33F4N7OS/c1-38-14-13-34-5-7-36(8-6-34)23-17-24(22(27)15-19(23)18-32-33-25(31)39)37-11-9-35(10-12-37)21-4-2-3-20(16-21)26(28,29)30/h2-4,15-18H,5-14H2,1H3,(H3,31,33,39)/b32-18+. The van der Waals surface area contributed by atoms with Gasteiger partial charge in [0.2, 0.25) is 0 Å². The summed E-state index contributed by atoms with van der Waals surface area (Å²) in [5.41, 5.74) is 9.70. The van der Waals surface area contributed by atoms with Gasteiger partial charge in [-0.15, -0.1) is 0 Å². The van der Waals surface area contributed by atoms with Crippen LogP contribution in [0.25, 0.3) is 0 Å². The van der Waals surface area contributed by atoms with Crippen LogP contribution >= 0.6 is 12.2 Å². The molecule has 39 heavy (non-hydrogen) atoms. The number of nitrogens with zero attached hydrogens (tertiary/aromatic N) is 5. The minimum absolute atomic E-state index is 0.00953. The summed E-state index contributed by atoms with van der Waals surface area (Å²) >= 11 is 4.81. The molecular formula is C26H33F4N7OS. The largest absolute Gasteiger partial charge is 0.416 e. The lowest BCUT2D eigenvalue weighted by molar-refractivity contribution is -0.137.